The van der Waals surface area contributed by atoms with Crippen molar-refractivity contribution in [2.75, 3.05) is 11.9 Å². The molecule has 0 spiro atoms. The summed E-state index contributed by atoms with van der Waals surface area (Å²) in [5, 5.41) is 9.65. The molecular weight excluding hydrogens is 295 g/mol. The van der Waals surface area contributed by atoms with Gasteiger partial charge < -0.3 is 4.90 Å². The van der Waals surface area contributed by atoms with Crippen LogP contribution in [0.25, 0.3) is 0 Å². The van der Waals surface area contributed by atoms with E-state index < -0.39 is 0 Å². The van der Waals surface area contributed by atoms with E-state index >= 15 is 0 Å². The first-order valence-electron chi connectivity index (χ1n) is 5.77. The van der Waals surface area contributed by atoms with Crippen LogP contribution in [0.15, 0.2) is 42.5 Å². The maximum Gasteiger partial charge on any atom is 0.261 e. The molecule has 0 unspecified atom stereocenters. The quantitative estimate of drug-likeness (QED) is 0.837. The van der Waals surface area contributed by atoms with Gasteiger partial charge in [-0.05, 0) is 24.3 Å². The fraction of sp³-hybridized carbons (Fsp3) is 0.0667. The number of hydrogen-bond acceptors (Lipinski definition) is 2. The first-order chi connectivity index (χ1) is 9.56. The Balaban J connectivity index is 2.46. The van der Waals surface area contributed by atoms with Gasteiger partial charge in [0.25, 0.3) is 5.91 Å². The first-order valence-corrected chi connectivity index (χ1v) is 6.53. The second-order valence-electron chi connectivity index (χ2n) is 4.09. The van der Waals surface area contributed by atoms with Crippen molar-refractivity contribution < 1.29 is 4.79 Å². The number of rotatable bonds is 2. The molecule has 0 bridgehead atoms. The van der Waals surface area contributed by atoms with E-state index in [-0.39, 0.29) is 21.5 Å². The van der Waals surface area contributed by atoms with E-state index in [4.69, 9.17) is 28.5 Å². The lowest BCUT2D eigenvalue weighted by Gasteiger charge is -2.19. The summed E-state index contributed by atoms with van der Waals surface area (Å²) in [5.74, 6) is -0.358. The van der Waals surface area contributed by atoms with Crippen molar-refractivity contribution in [3.8, 4) is 6.07 Å². The van der Waals surface area contributed by atoms with Crippen LogP contribution in [0.4, 0.5) is 5.69 Å². The van der Waals surface area contributed by atoms with Crippen LogP contribution in [0.2, 0.25) is 10.0 Å². The smallest absolute Gasteiger partial charge is 0.261 e. The zero-order valence-electron chi connectivity index (χ0n) is 10.6. The highest BCUT2D eigenvalue weighted by atomic mass is 35.5. The maximum absolute atomic E-state index is 12.5. The van der Waals surface area contributed by atoms with E-state index in [1.807, 2.05) is 0 Å². The molecule has 1 amide bonds. The SMILES string of the molecule is CN(C(=O)c1c(Cl)cccc1Cl)c1ccccc1C#N. The summed E-state index contributed by atoms with van der Waals surface area (Å²) in [6, 6.07) is 13.8. The Kier molecular flexibility index (Phi) is 4.29. The molecule has 0 saturated heterocycles. The van der Waals surface area contributed by atoms with Crippen molar-refractivity contribution in [1.82, 2.24) is 0 Å². The molecule has 20 heavy (non-hydrogen) atoms. The third kappa shape index (κ3) is 2.62. The van der Waals surface area contributed by atoms with Gasteiger partial charge in [0.2, 0.25) is 0 Å². The molecule has 2 aromatic rings. The van der Waals surface area contributed by atoms with Crippen molar-refractivity contribution in [2.45, 2.75) is 0 Å². The third-order valence-electron chi connectivity index (χ3n) is 2.87. The number of carbonyl (C=O) groups excluding carboxylic acids is 1. The Morgan fingerprint density at radius 3 is 2.30 bits per heavy atom. The van der Waals surface area contributed by atoms with Crippen molar-refractivity contribution in [3.63, 3.8) is 0 Å². The molecule has 0 aliphatic heterocycles. The molecule has 0 fully saturated rings. The zero-order valence-corrected chi connectivity index (χ0v) is 12.1. The van der Waals surface area contributed by atoms with Crippen LogP contribution in [-0.2, 0) is 0 Å². The van der Waals surface area contributed by atoms with Crippen LogP contribution in [0.1, 0.15) is 15.9 Å². The number of anilines is 1. The minimum absolute atomic E-state index is 0.228. The molecule has 0 N–H and O–H groups in total. The van der Waals surface area contributed by atoms with Gasteiger partial charge in [0, 0.05) is 7.05 Å². The predicted octanol–water partition coefficient (Wildman–Crippen LogP) is 4.14. The molecule has 0 aliphatic rings. The fourth-order valence-electron chi connectivity index (χ4n) is 1.84. The molecule has 5 heteroatoms. The first kappa shape index (κ1) is 14.4. The standard InChI is InChI=1S/C15H10Cl2N2O/c1-19(13-8-3-2-5-10(13)9-18)15(20)14-11(16)6-4-7-12(14)17/h2-8H,1H3. The molecule has 0 aliphatic carbocycles. The number of carbonyl (C=O) groups is 1. The molecule has 3 nitrogen and oxygen atoms in total. The van der Waals surface area contributed by atoms with Crippen molar-refractivity contribution in [3.05, 3.63) is 63.6 Å². The number of amides is 1. The van der Waals surface area contributed by atoms with Gasteiger partial charge >= 0.3 is 0 Å². The van der Waals surface area contributed by atoms with E-state index in [0.717, 1.165) is 0 Å². The number of benzene rings is 2. The number of nitrogens with zero attached hydrogens (tertiary/aromatic N) is 2. The molecule has 100 valence electrons. The Morgan fingerprint density at radius 2 is 1.70 bits per heavy atom. The molecule has 0 saturated carbocycles. The molecule has 2 rings (SSSR count). The van der Waals surface area contributed by atoms with Gasteiger partial charge in [0.05, 0.1) is 26.9 Å². The summed E-state index contributed by atoms with van der Waals surface area (Å²) in [5.41, 5.74) is 1.15. The minimum atomic E-state index is -0.358. The second kappa shape index (κ2) is 5.96. The van der Waals surface area contributed by atoms with Crippen LogP contribution in [-0.4, -0.2) is 13.0 Å². The minimum Gasteiger partial charge on any atom is -0.310 e. The van der Waals surface area contributed by atoms with E-state index in [0.29, 0.717) is 11.3 Å². The van der Waals surface area contributed by atoms with Gasteiger partial charge in [-0.3, -0.25) is 4.79 Å². The highest BCUT2D eigenvalue weighted by Crippen LogP contribution is 2.28. The summed E-state index contributed by atoms with van der Waals surface area (Å²) in [6.45, 7) is 0. The van der Waals surface area contributed by atoms with Crippen molar-refractivity contribution in [2.24, 2.45) is 0 Å². The Bertz CT molecular complexity index is 687. The molecule has 2 aromatic carbocycles. The lowest BCUT2D eigenvalue weighted by Crippen LogP contribution is -2.27. The Morgan fingerprint density at radius 1 is 1.10 bits per heavy atom. The van der Waals surface area contributed by atoms with Gasteiger partial charge in [0.1, 0.15) is 6.07 Å². The van der Waals surface area contributed by atoms with E-state index in [1.165, 1.54) is 4.90 Å². The van der Waals surface area contributed by atoms with E-state index in [9.17, 15) is 4.79 Å². The summed E-state index contributed by atoms with van der Waals surface area (Å²) in [7, 11) is 1.58. The predicted molar refractivity (Wildman–Crippen MR) is 80.4 cm³/mol. The zero-order chi connectivity index (χ0) is 14.7. The highest BCUT2D eigenvalue weighted by Gasteiger charge is 2.21. The summed E-state index contributed by atoms with van der Waals surface area (Å²) < 4.78 is 0. The Hall–Kier alpha value is -2.02. The fourth-order valence-corrected chi connectivity index (χ4v) is 2.40. The van der Waals surface area contributed by atoms with Gasteiger partial charge in [-0.1, -0.05) is 41.4 Å². The second-order valence-corrected chi connectivity index (χ2v) is 4.90. The van der Waals surface area contributed by atoms with Crippen LogP contribution in [0.3, 0.4) is 0 Å². The number of hydrogen-bond donors (Lipinski definition) is 0. The number of halogens is 2. The van der Waals surface area contributed by atoms with Gasteiger partial charge in [-0.2, -0.15) is 5.26 Å². The van der Waals surface area contributed by atoms with Crippen molar-refractivity contribution >= 4 is 34.8 Å². The van der Waals surface area contributed by atoms with Gasteiger partial charge in [-0.15, -0.1) is 0 Å². The maximum atomic E-state index is 12.5. The average molecular weight is 305 g/mol. The largest absolute Gasteiger partial charge is 0.310 e. The monoisotopic (exact) mass is 304 g/mol. The molecule has 0 heterocycles. The topological polar surface area (TPSA) is 44.1 Å². The average Bonchev–Trinajstić information content (AvgIpc) is 2.46. The van der Waals surface area contributed by atoms with Crippen LogP contribution in [0.5, 0.6) is 0 Å². The lowest BCUT2D eigenvalue weighted by molar-refractivity contribution is 0.0993. The van der Waals surface area contributed by atoms with Crippen LogP contribution >= 0.6 is 23.2 Å². The number of para-hydroxylation sites is 1. The van der Waals surface area contributed by atoms with Crippen molar-refractivity contribution in [1.29, 1.82) is 5.26 Å². The normalized spacial score (nSPS) is 9.90. The van der Waals surface area contributed by atoms with Gasteiger partial charge in [0.15, 0.2) is 0 Å². The molecule has 0 atom stereocenters. The molecule has 0 radical (unpaired) electrons. The number of nitriles is 1. The van der Waals surface area contributed by atoms with Crippen LogP contribution < -0.4 is 4.90 Å². The summed E-state index contributed by atoms with van der Waals surface area (Å²) >= 11 is 12.1. The summed E-state index contributed by atoms with van der Waals surface area (Å²) in [4.78, 5) is 13.9. The van der Waals surface area contributed by atoms with Gasteiger partial charge in [-0.25, -0.2) is 0 Å². The van der Waals surface area contributed by atoms with E-state index in [1.54, 1.807) is 49.5 Å². The lowest BCUT2D eigenvalue weighted by atomic mass is 10.1. The molecule has 0 aromatic heterocycles. The summed E-state index contributed by atoms with van der Waals surface area (Å²) in [6.07, 6.45) is 0. The Labute approximate surface area is 127 Å². The highest BCUT2D eigenvalue weighted by molar-refractivity contribution is 6.40. The van der Waals surface area contributed by atoms with Crippen LogP contribution in [0, 0.1) is 11.3 Å². The van der Waals surface area contributed by atoms with E-state index in [2.05, 4.69) is 6.07 Å². The third-order valence-corrected chi connectivity index (χ3v) is 3.50. The molecular formula is C15H10Cl2N2O.